The first-order valence-corrected chi connectivity index (χ1v) is 12.0. The first-order chi connectivity index (χ1) is 15.6. The fourth-order valence-electron chi connectivity index (χ4n) is 3.56. The maximum absolute atomic E-state index is 14.6. The number of fused-ring (bicyclic) bond motifs is 1. The standard InChI is InChI=1S/C23H19ClFN5O2S/c1-29(22-20-8-5-16(24)11-21(20)30(13-26)23(27)28-22)18-10-15(9-17(25)12-18)14-3-6-19(7-4-14)33(2,31)32/h3-13,26-27H,1-2H3. The molecule has 168 valence electrons. The molecule has 0 atom stereocenters. The number of nitrogens with zero attached hydrogens (tertiary/aromatic N) is 3. The zero-order valence-electron chi connectivity index (χ0n) is 17.7. The summed E-state index contributed by atoms with van der Waals surface area (Å²) in [6.07, 6.45) is 2.11. The summed E-state index contributed by atoms with van der Waals surface area (Å²) in [6, 6.07) is 15.7. The number of rotatable bonds is 5. The second-order valence-corrected chi connectivity index (χ2v) is 9.93. The highest BCUT2D eigenvalue weighted by molar-refractivity contribution is 7.90. The van der Waals surface area contributed by atoms with Gasteiger partial charge in [0, 0.05) is 29.4 Å². The monoisotopic (exact) mass is 483 g/mol. The van der Waals surface area contributed by atoms with Crippen molar-refractivity contribution in [3.63, 3.8) is 0 Å². The summed E-state index contributed by atoms with van der Waals surface area (Å²) in [7, 11) is -1.63. The number of nitrogens with one attached hydrogen (secondary N) is 2. The SMILES string of the molecule is CN(c1cc(F)cc(-c2ccc(S(C)(=O)=O)cc2)c1)c1nc(=N)n(C=N)c2cc(Cl)ccc12. The Labute approximate surface area is 194 Å². The van der Waals surface area contributed by atoms with Gasteiger partial charge in [-0.05, 0) is 59.7 Å². The number of hydrogen-bond donors (Lipinski definition) is 2. The molecule has 0 aliphatic rings. The summed E-state index contributed by atoms with van der Waals surface area (Å²) < 4.78 is 39.3. The van der Waals surface area contributed by atoms with Crippen molar-refractivity contribution in [2.75, 3.05) is 18.2 Å². The van der Waals surface area contributed by atoms with E-state index in [9.17, 15) is 12.8 Å². The zero-order valence-corrected chi connectivity index (χ0v) is 19.2. The van der Waals surface area contributed by atoms with Crippen LogP contribution in [0.4, 0.5) is 15.9 Å². The van der Waals surface area contributed by atoms with Crippen LogP contribution in [0.1, 0.15) is 0 Å². The van der Waals surface area contributed by atoms with Crippen LogP contribution in [0.2, 0.25) is 5.02 Å². The van der Waals surface area contributed by atoms with E-state index in [1.807, 2.05) is 0 Å². The first kappa shape index (κ1) is 22.6. The van der Waals surface area contributed by atoms with Gasteiger partial charge in [-0.1, -0.05) is 23.7 Å². The lowest BCUT2D eigenvalue weighted by Gasteiger charge is -2.22. The zero-order chi connectivity index (χ0) is 23.9. The molecular weight excluding hydrogens is 465 g/mol. The molecule has 0 saturated heterocycles. The molecule has 0 radical (unpaired) electrons. The van der Waals surface area contributed by atoms with Gasteiger partial charge in [-0.15, -0.1) is 0 Å². The van der Waals surface area contributed by atoms with Crippen molar-refractivity contribution >= 4 is 50.2 Å². The number of benzene rings is 3. The third-order valence-corrected chi connectivity index (χ3v) is 6.60. The lowest BCUT2D eigenvalue weighted by molar-refractivity contribution is 0.602. The molecule has 1 aromatic heterocycles. The third kappa shape index (κ3) is 4.37. The predicted molar refractivity (Wildman–Crippen MR) is 128 cm³/mol. The van der Waals surface area contributed by atoms with Gasteiger partial charge in [0.2, 0.25) is 5.62 Å². The molecule has 0 bridgehead atoms. The van der Waals surface area contributed by atoms with E-state index in [1.165, 1.54) is 28.8 Å². The molecule has 33 heavy (non-hydrogen) atoms. The van der Waals surface area contributed by atoms with E-state index in [4.69, 9.17) is 22.4 Å². The molecule has 2 N–H and O–H groups in total. The van der Waals surface area contributed by atoms with E-state index in [1.54, 1.807) is 48.3 Å². The Morgan fingerprint density at radius 2 is 1.76 bits per heavy atom. The normalized spacial score (nSPS) is 11.5. The number of sulfone groups is 1. The smallest absolute Gasteiger partial charge is 0.229 e. The maximum atomic E-state index is 14.6. The van der Waals surface area contributed by atoms with E-state index in [-0.39, 0.29) is 10.5 Å². The summed E-state index contributed by atoms with van der Waals surface area (Å²) in [5.74, 6) is -0.0841. The Bertz CT molecular complexity index is 1570. The Morgan fingerprint density at radius 3 is 2.39 bits per heavy atom. The van der Waals surface area contributed by atoms with Crippen LogP contribution in [0, 0.1) is 16.6 Å². The second kappa shape index (κ2) is 8.42. The summed E-state index contributed by atoms with van der Waals surface area (Å²) in [4.78, 5) is 6.16. The van der Waals surface area contributed by atoms with Gasteiger partial charge in [-0.2, -0.15) is 4.98 Å². The van der Waals surface area contributed by atoms with Gasteiger partial charge in [-0.25, -0.2) is 12.8 Å². The summed E-state index contributed by atoms with van der Waals surface area (Å²) in [6.45, 7) is 0. The van der Waals surface area contributed by atoms with Crippen LogP contribution in [-0.2, 0) is 9.84 Å². The molecule has 4 rings (SSSR count). The lowest BCUT2D eigenvalue weighted by Crippen LogP contribution is -2.26. The van der Waals surface area contributed by atoms with Crippen LogP contribution < -0.4 is 10.5 Å². The first-order valence-electron chi connectivity index (χ1n) is 9.70. The third-order valence-electron chi connectivity index (χ3n) is 5.23. The molecule has 0 aliphatic heterocycles. The van der Waals surface area contributed by atoms with Gasteiger partial charge in [0.1, 0.15) is 11.6 Å². The Morgan fingerprint density at radius 1 is 1.06 bits per heavy atom. The second-order valence-electron chi connectivity index (χ2n) is 7.47. The molecule has 1 heterocycles. The molecule has 3 aromatic carbocycles. The van der Waals surface area contributed by atoms with Gasteiger partial charge >= 0.3 is 0 Å². The van der Waals surface area contributed by atoms with Gasteiger partial charge < -0.3 is 4.90 Å². The molecule has 0 unspecified atom stereocenters. The predicted octanol–water partition coefficient (Wildman–Crippen LogP) is 4.60. The summed E-state index contributed by atoms with van der Waals surface area (Å²) >= 11 is 6.13. The molecule has 0 fully saturated rings. The minimum Gasteiger partial charge on any atom is -0.329 e. The quantitative estimate of drug-likeness (QED) is 0.320. The van der Waals surface area contributed by atoms with Gasteiger partial charge in [-0.3, -0.25) is 15.4 Å². The van der Waals surface area contributed by atoms with Crippen LogP contribution in [-0.4, -0.2) is 37.6 Å². The highest BCUT2D eigenvalue weighted by Crippen LogP contribution is 2.33. The molecule has 10 heteroatoms. The Hall–Kier alpha value is -3.56. The summed E-state index contributed by atoms with van der Waals surface area (Å²) in [5, 5.41) is 16.9. The summed E-state index contributed by atoms with van der Waals surface area (Å²) in [5.41, 5.74) is 2.03. The molecule has 0 amide bonds. The van der Waals surface area contributed by atoms with Crippen LogP contribution in [0.5, 0.6) is 0 Å². The van der Waals surface area contributed by atoms with Crippen LogP contribution in [0.15, 0.2) is 65.6 Å². The average Bonchev–Trinajstić information content (AvgIpc) is 2.77. The van der Waals surface area contributed by atoms with Gasteiger partial charge in [0.25, 0.3) is 0 Å². The molecule has 7 nitrogen and oxygen atoms in total. The number of hydrogen-bond acceptors (Lipinski definition) is 6. The van der Waals surface area contributed by atoms with Crippen molar-refractivity contribution in [1.29, 1.82) is 10.8 Å². The Balaban J connectivity index is 1.84. The molecule has 4 aromatic rings. The van der Waals surface area contributed by atoms with E-state index in [0.29, 0.717) is 38.6 Å². The van der Waals surface area contributed by atoms with E-state index < -0.39 is 15.7 Å². The average molecular weight is 484 g/mol. The molecular formula is C23H19ClFN5O2S. The van der Waals surface area contributed by atoms with E-state index >= 15 is 0 Å². The number of anilines is 2. The van der Waals surface area contributed by atoms with Crippen molar-refractivity contribution in [3.05, 3.63) is 77.1 Å². The van der Waals surface area contributed by atoms with Gasteiger partial charge in [0.05, 0.1) is 16.8 Å². The van der Waals surface area contributed by atoms with Crippen LogP contribution >= 0.6 is 11.6 Å². The number of halogens is 2. The van der Waals surface area contributed by atoms with Crippen molar-refractivity contribution in [1.82, 2.24) is 9.55 Å². The topological polar surface area (TPSA) is 103 Å². The Kier molecular flexibility index (Phi) is 5.77. The molecule has 0 spiro atoms. The van der Waals surface area contributed by atoms with Crippen LogP contribution in [0.25, 0.3) is 22.0 Å². The molecule has 0 saturated carbocycles. The highest BCUT2D eigenvalue weighted by Gasteiger charge is 2.16. The van der Waals surface area contributed by atoms with Crippen molar-refractivity contribution < 1.29 is 12.8 Å². The highest BCUT2D eigenvalue weighted by atomic mass is 35.5. The fourth-order valence-corrected chi connectivity index (χ4v) is 4.36. The lowest BCUT2D eigenvalue weighted by atomic mass is 10.0. The van der Waals surface area contributed by atoms with E-state index in [2.05, 4.69) is 4.98 Å². The van der Waals surface area contributed by atoms with Gasteiger partial charge in [0.15, 0.2) is 9.84 Å². The number of aromatic nitrogens is 2. The maximum Gasteiger partial charge on any atom is 0.229 e. The largest absolute Gasteiger partial charge is 0.329 e. The van der Waals surface area contributed by atoms with Crippen molar-refractivity contribution in [3.8, 4) is 11.1 Å². The van der Waals surface area contributed by atoms with E-state index in [0.717, 1.165) is 12.6 Å². The minimum absolute atomic E-state index is 0.172. The minimum atomic E-state index is -3.34. The van der Waals surface area contributed by atoms with Crippen molar-refractivity contribution in [2.24, 2.45) is 0 Å². The van der Waals surface area contributed by atoms with Crippen molar-refractivity contribution in [2.45, 2.75) is 4.90 Å². The molecule has 0 aliphatic carbocycles. The fraction of sp³-hybridized carbons (Fsp3) is 0.0870. The van der Waals surface area contributed by atoms with Crippen LogP contribution in [0.3, 0.4) is 0 Å².